The molecule has 7 nitrogen and oxygen atoms in total. The number of fused-ring (bicyclic) bond motifs is 3. The van der Waals surface area contributed by atoms with Crippen LogP contribution in [0.5, 0.6) is 5.75 Å². The van der Waals surface area contributed by atoms with E-state index in [-0.39, 0.29) is 47.5 Å². The van der Waals surface area contributed by atoms with Crippen molar-refractivity contribution in [3.63, 3.8) is 0 Å². The standard InChI is InChI=1S/C26H28O7/c1-11-7-15(13(3)27)16-9-24(5)10-25(6)8-12(2)17(14(4)28)22(31)26(25,33)23(32)19(24)21(30)18(16)20(11)29/h7,29-30,33H,8-10H2,1-6H3. The fourth-order valence-electron chi connectivity index (χ4n) is 6.54. The third kappa shape index (κ3) is 2.72. The highest BCUT2D eigenvalue weighted by atomic mass is 16.3. The lowest BCUT2D eigenvalue weighted by Gasteiger charge is -2.56. The Kier molecular flexibility index (Phi) is 4.71. The third-order valence-electron chi connectivity index (χ3n) is 7.82. The highest BCUT2D eigenvalue weighted by molar-refractivity contribution is 6.33. The number of allylic oxidation sites excluding steroid dienone is 1. The fraction of sp³-hybridized carbons (Fsp3) is 0.462. The first kappa shape index (κ1) is 23.1. The van der Waals surface area contributed by atoms with Crippen LogP contribution in [0.3, 0.4) is 0 Å². The van der Waals surface area contributed by atoms with E-state index in [1.807, 2.05) is 0 Å². The molecule has 1 saturated carbocycles. The second-order valence-corrected chi connectivity index (χ2v) is 10.5. The molecule has 0 heterocycles. The summed E-state index contributed by atoms with van der Waals surface area (Å²) >= 11 is 0. The minimum atomic E-state index is -2.52. The van der Waals surface area contributed by atoms with Gasteiger partial charge in [0.15, 0.2) is 17.2 Å². The summed E-state index contributed by atoms with van der Waals surface area (Å²) in [5.41, 5.74) is -3.43. The summed E-state index contributed by atoms with van der Waals surface area (Å²) in [6.45, 7) is 9.26. The highest BCUT2D eigenvalue weighted by Crippen LogP contribution is 2.62. The predicted molar refractivity (Wildman–Crippen MR) is 120 cm³/mol. The van der Waals surface area contributed by atoms with Gasteiger partial charge in [-0.15, -0.1) is 0 Å². The molecule has 0 aliphatic heterocycles. The number of benzene rings is 1. The molecule has 0 bridgehead atoms. The van der Waals surface area contributed by atoms with Crippen molar-refractivity contribution in [2.45, 2.75) is 66.4 Å². The Bertz CT molecular complexity index is 1260. The van der Waals surface area contributed by atoms with Crippen LogP contribution >= 0.6 is 0 Å². The van der Waals surface area contributed by atoms with Crippen molar-refractivity contribution in [2.75, 3.05) is 0 Å². The summed E-state index contributed by atoms with van der Waals surface area (Å²) in [6.07, 6.45) is 0.477. The molecule has 7 heteroatoms. The summed E-state index contributed by atoms with van der Waals surface area (Å²) < 4.78 is 0. The van der Waals surface area contributed by atoms with E-state index < -0.39 is 39.5 Å². The molecule has 0 saturated heterocycles. The Morgan fingerprint density at radius 2 is 1.58 bits per heavy atom. The zero-order valence-corrected chi connectivity index (χ0v) is 19.7. The number of aliphatic hydroxyl groups is 2. The number of ketones is 4. The van der Waals surface area contributed by atoms with Gasteiger partial charge in [-0.1, -0.05) is 19.4 Å². The number of phenolic OH excluding ortho intramolecular Hbond substituents is 1. The summed E-state index contributed by atoms with van der Waals surface area (Å²) in [7, 11) is 0. The smallest absolute Gasteiger partial charge is 0.206 e. The molecule has 3 unspecified atom stereocenters. The van der Waals surface area contributed by atoms with E-state index in [1.165, 1.54) is 13.8 Å². The lowest BCUT2D eigenvalue weighted by atomic mass is 9.46. The van der Waals surface area contributed by atoms with Crippen LogP contribution in [0.1, 0.15) is 74.5 Å². The number of aromatic hydroxyl groups is 1. The van der Waals surface area contributed by atoms with Crippen LogP contribution in [0.15, 0.2) is 22.8 Å². The predicted octanol–water partition coefficient (Wildman–Crippen LogP) is 3.32. The number of aliphatic hydroxyl groups excluding tert-OH is 1. The number of carbonyl (C=O) groups is 4. The lowest BCUT2D eigenvalue weighted by Crippen LogP contribution is -2.67. The van der Waals surface area contributed by atoms with Crippen molar-refractivity contribution in [2.24, 2.45) is 10.8 Å². The molecule has 0 spiro atoms. The van der Waals surface area contributed by atoms with Gasteiger partial charge in [-0.3, -0.25) is 19.2 Å². The molecular formula is C26H28O7. The van der Waals surface area contributed by atoms with Crippen LogP contribution in [0.2, 0.25) is 0 Å². The van der Waals surface area contributed by atoms with E-state index in [0.717, 1.165) is 0 Å². The van der Waals surface area contributed by atoms with Gasteiger partial charge in [-0.2, -0.15) is 0 Å². The Hall–Kier alpha value is -3.06. The average Bonchev–Trinajstić information content (AvgIpc) is 2.66. The molecule has 33 heavy (non-hydrogen) atoms. The molecule has 0 amide bonds. The summed E-state index contributed by atoms with van der Waals surface area (Å²) in [5, 5.41) is 33.7. The molecule has 3 aliphatic carbocycles. The van der Waals surface area contributed by atoms with Gasteiger partial charge in [0.2, 0.25) is 11.6 Å². The first-order valence-corrected chi connectivity index (χ1v) is 10.9. The number of hydrogen-bond donors (Lipinski definition) is 3. The largest absolute Gasteiger partial charge is 0.507 e. The SMILES string of the molecule is CC(=O)C1=C(C)CC2(C)CC3(C)Cc4c(C(C)=O)cc(C)c(O)c4C(O)=C3C(=O)C2(O)C1=O. The topological polar surface area (TPSA) is 129 Å². The number of carbonyl (C=O) groups excluding carboxylic acids is 4. The van der Waals surface area contributed by atoms with Gasteiger partial charge >= 0.3 is 0 Å². The van der Waals surface area contributed by atoms with E-state index in [0.29, 0.717) is 22.3 Å². The van der Waals surface area contributed by atoms with Crippen molar-refractivity contribution in [1.29, 1.82) is 0 Å². The molecule has 1 fully saturated rings. The molecule has 1 aromatic carbocycles. The van der Waals surface area contributed by atoms with Gasteiger partial charge in [0.1, 0.15) is 11.5 Å². The maximum Gasteiger partial charge on any atom is 0.206 e. The first-order valence-electron chi connectivity index (χ1n) is 10.9. The number of hydrogen-bond acceptors (Lipinski definition) is 7. The van der Waals surface area contributed by atoms with Gasteiger partial charge in [-0.25, -0.2) is 0 Å². The molecule has 0 radical (unpaired) electrons. The van der Waals surface area contributed by atoms with Gasteiger partial charge < -0.3 is 15.3 Å². The Morgan fingerprint density at radius 1 is 0.970 bits per heavy atom. The molecular weight excluding hydrogens is 424 g/mol. The van der Waals surface area contributed by atoms with Crippen molar-refractivity contribution in [1.82, 2.24) is 0 Å². The molecule has 174 valence electrons. The molecule has 1 aromatic rings. The van der Waals surface area contributed by atoms with Crippen LogP contribution in [0, 0.1) is 17.8 Å². The van der Waals surface area contributed by atoms with Gasteiger partial charge in [-0.05, 0) is 64.2 Å². The van der Waals surface area contributed by atoms with Crippen molar-refractivity contribution in [3.05, 3.63) is 45.0 Å². The summed E-state index contributed by atoms with van der Waals surface area (Å²) in [5.74, 6) is -3.46. The number of rotatable bonds is 2. The lowest BCUT2D eigenvalue weighted by molar-refractivity contribution is -0.171. The van der Waals surface area contributed by atoms with E-state index in [4.69, 9.17) is 0 Å². The van der Waals surface area contributed by atoms with E-state index in [2.05, 4.69) is 0 Å². The highest BCUT2D eigenvalue weighted by Gasteiger charge is 2.69. The van der Waals surface area contributed by atoms with Gasteiger partial charge in [0, 0.05) is 22.0 Å². The monoisotopic (exact) mass is 452 g/mol. The number of Topliss-reactive ketones (excluding diaryl/α,β-unsaturated/α-hetero) is 4. The normalized spacial score (nSPS) is 31.2. The Balaban J connectivity index is 2.05. The van der Waals surface area contributed by atoms with Crippen LogP contribution < -0.4 is 0 Å². The third-order valence-corrected chi connectivity index (χ3v) is 7.82. The van der Waals surface area contributed by atoms with Gasteiger partial charge in [0.05, 0.1) is 11.1 Å². The maximum atomic E-state index is 13.9. The summed E-state index contributed by atoms with van der Waals surface area (Å²) in [4.78, 5) is 51.8. The zero-order valence-electron chi connectivity index (χ0n) is 19.7. The second kappa shape index (κ2) is 6.73. The quantitative estimate of drug-likeness (QED) is 0.357. The average molecular weight is 453 g/mol. The van der Waals surface area contributed by atoms with Crippen molar-refractivity contribution >= 4 is 28.9 Å². The number of aryl methyl sites for hydroxylation is 1. The second-order valence-electron chi connectivity index (χ2n) is 10.5. The molecule has 3 aliphatic rings. The van der Waals surface area contributed by atoms with E-state index >= 15 is 0 Å². The van der Waals surface area contributed by atoms with E-state index in [1.54, 1.807) is 33.8 Å². The van der Waals surface area contributed by atoms with Crippen LogP contribution in [0.25, 0.3) is 5.76 Å². The summed E-state index contributed by atoms with van der Waals surface area (Å²) in [6, 6.07) is 1.57. The molecule has 0 aromatic heterocycles. The fourth-order valence-corrected chi connectivity index (χ4v) is 6.54. The minimum absolute atomic E-state index is 0.0185. The molecule has 3 N–H and O–H groups in total. The Labute approximate surface area is 191 Å². The first-order chi connectivity index (χ1) is 15.1. The minimum Gasteiger partial charge on any atom is -0.507 e. The maximum absolute atomic E-state index is 13.9. The van der Waals surface area contributed by atoms with Gasteiger partial charge in [0.25, 0.3) is 0 Å². The Morgan fingerprint density at radius 3 is 2.12 bits per heavy atom. The molecule has 4 rings (SSSR count). The number of phenols is 1. The molecule has 3 atom stereocenters. The van der Waals surface area contributed by atoms with Crippen LogP contribution in [-0.4, -0.2) is 44.1 Å². The zero-order chi connectivity index (χ0) is 24.8. The van der Waals surface area contributed by atoms with Crippen LogP contribution in [-0.2, 0) is 20.8 Å². The van der Waals surface area contributed by atoms with Crippen LogP contribution in [0.4, 0.5) is 0 Å². The van der Waals surface area contributed by atoms with Crippen molar-refractivity contribution < 1.29 is 34.5 Å². The van der Waals surface area contributed by atoms with E-state index in [9.17, 15) is 34.5 Å². The van der Waals surface area contributed by atoms with Crippen molar-refractivity contribution in [3.8, 4) is 5.75 Å².